The van der Waals surface area contributed by atoms with Gasteiger partial charge in [-0.1, -0.05) is 12.1 Å². The molecule has 0 unspecified atom stereocenters. The van der Waals surface area contributed by atoms with Crippen molar-refractivity contribution in [3.05, 3.63) is 29.8 Å². The highest BCUT2D eigenvalue weighted by Crippen LogP contribution is 2.20. The van der Waals surface area contributed by atoms with E-state index in [1.165, 1.54) is 43.6 Å². The third kappa shape index (κ3) is 4.61. The highest BCUT2D eigenvalue weighted by molar-refractivity contribution is 5.74. The van der Waals surface area contributed by atoms with Gasteiger partial charge in [-0.3, -0.25) is 0 Å². The molecule has 2 heterocycles. The molecule has 3 rings (SSSR count). The van der Waals surface area contributed by atoms with Crippen molar-refractivity contribution >= 4 is 11.7 Å². The maximum atomic E-state index is 12.0. The predicted molar refractivity (Wildman–Crippen MR) is 92.0 cm³/mol. The van der Waals surface area contributed by atoms with Crippen LogP contribution in [0.2, 0.25) is 0 Å². The van der Waals surface area contributed by atoms with E-state index in [1.54, 1.807) is 0 Å². The van der Waals surface area contributed by atoms with E-state index in [1.807, 2.05) is 4.90 Å². The van der Waals surface area contributed by atoms with Crippen LogP contribution in [0.1, 0.15) is 24.8 Å². The molecule has 2 aliphatic rings. The molecule has 1 aromatic rings. The summed E-state index contributed by atoms with van der Waals surface area (Å²) in [6.07, 6.45) is 4.83. The Balaban J connectivity index is 1.42. The third-order valence-corrected chi connectivity index (χ3v) is 4.65. The van der Waals surface area contributed by atoms with Gasteiger partial charge in [-0.05, 0) is 43.4 Å². The van der Waals surface area contributed by atoms with Crippen LogP contribution in [0.25, 0.3) is 0 Å². The van der Waals surface area contributed by atoms with Crippen LogP contribution >= 0.6 is 0 Å². The zero-order valence-electron chi connectivity index (χ0n) is 13.8. The SMILES string of the molecule is O=C(NCCc1ccc(N2CCCCC2)cc1)N1CCOCC1. The quantitative estimate of drug-likeness (QED) is 0.926. The minimum absolute atomic E-state index is 0.0261. The van der Waals surface area contributed by atoms with Crippen LogP contribution in [0.3, 0.4) is 0 Å². The number of rotatable bonds is 4. The molecule has 0 bridgehead atoms. The molecule has 2 fully saturated rings. The molecule has 0 spiro atoms. The van der Waals surface area contributed by atoms with Gasteiger partial charge >= 0.3 is 6.03 Å². The van der Waals surface area contributed by atoms with Gasteiger partial charge in [0.2, 0.25) is 0 Å². The van der Waals surface area contributed by atoms with Crippen molar-refractivity contribution in [2.45, 2.75) is 25.7 Å². The molecule has 2 saturated heterocycles. The first kappa shape index (κ1) is 16.1. The lowest BCUT2D eigenvalue weighted by Crippen LogP contribution is -2.46. The standard InChI is InChI=1S/C18H27N3O2/c22-18(21-12-14-23-15-13-21)19-9-8-16-4-6-17(7-5-16)20-10-2-1-3-11-20/h4-7H,1-3,8-15H2,(H,19,22). The largest absolute Gasteiger partial charge is 0.378 e. The zero-order valence-corrected chi connectivity index (χ0v) is 13.8. The van der Waals surface area contributed by atoms with Crippen LogP contribution in [0.15, 0.2) is 24.3 Å². The number of nitrogens with one attached hydrogen (secondary N) is 1. The van der Waals surface area contributed by atoms with Crippen molar-refractivity contribution in [2.24, 2.45) is 0 Å². The average Bonchev–Trinajstić information content (AvgIpc) is 2.64. The van der Waals surface area contributed by atoms with E-state index < -0.39 is 0 Å². The molecule has 126 valence electrons. The van der Waals surface area contributed by atoms with E-state index in [0.717, 1.165) is 6.42 Å². The lowest BCUT2D eigenvalue weighted by molar-refractivity contribution is 0.0533. The number of urea groups is 1. The molecule has 1 N–H and O–H groups in total. The van der Waals surface area contributed by atoms with Gasteiger partial charge in [0.05, 0.1) is 13.2 Å². The van der Waals surface area contributed by atoms with Gasteiger partial charge in [0.15, 0.2) is 0 Å². The van der Waals surface area contributed by atoms with E-state index in [4.69, 9.17) is 4.74 Å². The summed E-state index contributed by atoms with van der Waals surface area (Å²) in [7, 11) is 0. The fourth-order valence-electron chi connectivity index (χ4n) is 3.22. The number of nitrogens with zero attached hydrogens (tertiary/aromatic N) is 2. The normalized spacial score (nSPS) is 18.8. The summed E-state index contributed by atoms with van der Waals surface area (Å²) in [5.74, 6) is 0. The number of ether oxygens (including phenoxy) is 1. The minimum atomic E-state index is 0.0261. The molecular weight excluding hydrogens is 290 g/mol. The number of hydrogen-bond donors (Lipinski definition) is 1. The summed E-state index contributed by atoms with van der Waals surface area (Å²) >= 11 is 0. The van der Waals surface area contributed by atoms with Crippen molar-refractivity contribution in [1.29, 1.82) is 0 Å². The Bertz CT molecular complexity index is 491. The summed E-state index contributed by atoms with van der Waals surface area (Å²) in [5.41, 5.74) is 2.60. The van der Waals surface area contributed by atoms with Gasteiger partial charge in [-0.2, -0.15) is 0 Å². The van der Waals surface area contributed by atoms with Crippen LogP contribution in [0.5, 0.6) is 0 Å². The second-order valence-electron chi connectivity index (χ2n) is 6.30. The van der Waals surface area contributed by atoms with Gasteiger partial charge in [-0.25, -0.2) is 4.79 Å². The number of amides is 2. The lowest BCUT2D eigenvalue weighted by Gasteiger charge is -2.29. The predicted octanol–water partition coefficient (Wildman–Crippen LogP) is 2.26. The molecule has 2 aliphatic heterocycles. The Labute approximate surface area is 138 Å². The van der Waals surface area contributed by atoms with Gasteiger partial charge in [0.25, 0.3) is 0 Å². The molecule has 0 aromatic heterocycles. The molecule has 5 nitrogen and oxygen atoms in total. The summed E-state index contributed by atoms with van der Waals surface area (Å²) in [5, 5.41) is 3.00. The number of benzene rings is 1. The first-order valence-electron chi connectivity index (χ1n) is 8.77. The molecule has 0 saturated carbocycles. The Morgan fingerprint density at radius 2 is 1.70 bits per heavy atom. The summed E-state index contributed by atoms with van der Waals surface area (Å²) < 4.78 is 5.26. The lowest BCUT2D eigenvalue weighted by atomic mass is 10.1. The summed E-state index contributed by atoms with van der Waals surface area (Å²) in [4.78, 5) is 16.3. The second kappa shape index (κ2) is 8.20. The van der Waals surface area contributed by atoms with Crippen LogP contribution in [0, 0.1) is 0 Å². The maximum Gasteiger partial charge on any atom is 0.317 e. The van der Waals surface area contributed by atoms with Gasteiger partial charge in [0.1, 0.15) is 0 Å². The number of piperidine rings is 1. The fourth-order valence-corrected chi connectivity index (χ4v) is 3.22. The monoisotopic (exact) mass is 317 g/mol. The molecule has 5 heteroatoms. The second-order valence-corrected chi connectivity index (χ2v) is 6.30. The highest BCUT2D eigenvalue weighted by atomic mass is 16.5. The number of carbonyl (C=O) groups excluding carboxylic acids is 1. The molecular formula is C18H27N3O2. The Morgan fingerprint density at radius 3 is 2.39 bits per heavy atom. The Hall–Kier alpha value is -1.75. The first-order valence-corrected chi connectivity index (χ1v) is 8.77. The van der Waals surface area contributed by atoms with Crippen molar-refractivity contribution in [3.63, 3.8) is 0 Å². The molecule has 2 amide bonds. The number of hydrogen-bond acceptors (Lipinski definition) is 3. The average molecular weight is 317 g/mol. The van der Waals surface area contributed by atoms with Crippen molar-refractivity contribution in [1.82, 2.24) is 10.2 Å². The Kier molecular flexibility index (Phi) is 5.75. The van der Waals surface area contributed by atoms with Crippen LogP contribution in [-0.4, -0.2) is 56.9 Å². The van der Waals surface area contributed by atoms with Crippen molar-refractivity contribution in [3.8, 4) is 0 Å². The van der Waals surface area contributed by atoms with Crippen molar-refractivity contribution in [2.75, 3.05) is 50.8 Å². The number of anilines is 1. The topological polar surface area (TPSA) is 44.8 Å². The number of morpholine rings is 1. The van der Waals surface area contributed by atoms with E-state index in [0.29, 0.717) is 32.8 Å². The fraction of sp³-hybridized carbons (Fsp3) is 0.611. The van der Waals surface area contributed by atoms with Crippen LogP contribution in [-0.2, 0) is 11.2 Å². The van der Waals surface area contributed by atoms with Crippen LogP contribution in [0.4, 0.5) is 10.5 Å². The smallest absolute Gasteiger partial charge is 0.317 e. The van der Waals surface area contributed by atoms with Gasteiger partial charge in [-0.15, -0.1) is 0 Å². The van der Waals surface area contributed by atoms with E-state index in [-0.39, 0.29) is 6.03 Å². The van der Waals surface area contributed by atoms with Gasteiger partial charge in [0, 0.05) is 38.4 Å². The molecule has 0 aliphatic carbocycles. The van der Waals surface area contributed by atoms with Gasteiger partial charge < -0.3 is 19.9 Å². The summed E-state index contributed by atoms with van der Waals surface area (Å²) in [6.45, 7) is 5.70. The molecule has 1 aromatic carbocycles. The molecule has 0 radical (unpaired) electrons. The first-order chi connectivity index (χ1) is 11.3. The zero-order chi connectivity index (χ0) is 15.9. The molecule has 23 heavy (non-hydrogen) atoms. The van der Waals surface area contributed by atoms with Crippen LogP contribution < -0.4 is 10.2 Å². The van der Waals surface area contributed by atoms with E-state index in [9.17, 15) is 4.79 Å². The molecule has 0 atom stereocenters. The summed E-state index contributed by atoms with van der Waals surface area (Å²) in [6, 6.07) is 8.82. The maximum absolute atomic E-state index is 12.0. The Morgan fingerprint density at radius 1 is 1.00 bits per heavy atom. The van der Waals surface area contributed by atoms with E-state index >= 15 is 0 Å². The van der Waals surface area contributed by atoms with E-state index in [2.05, 4.69) is 34.5 Å². The van der Waals surface area contributed by atoms with Crippen molar-refractivity contribution < 1.29 is 9.53 Å². The number of carbonyl (C=O) groups is 1. The third-order valence-electron chi connectivity index (χ3n) is 4.65. The minimum Gasteiger partial charge on any atom is -0.378 e. The highest BCUT2D eigenvalue weighted by Gasteiger charge is 2.16.